The van der Waals surface area contributed by atoms with E-state index in [1.807, 2.05) is 30.3 Å². The van der Waals surface area contributed by atoms with Gasteiger partial charge in [0, 0.05) is 6.54 Å². The minimum absolute atomic E-state index is 0.132. The molecule has 1 heterocycles. The van der Waals surface area contributed by atoms with E-state index in [4.69, 9.17) is 4.84 Å². The van der Waals surface area contributed by atoms with E-state index in [2.05, 4.69) is 0 Å². The summed E-state index contributed by atoms with van der Waals surface area (Å²) in [7, 11) is 0. The first-order valence-electron chi connectivity index (χ1n) is 5.12. The normalized spacial score (nSPS) is 21.1. The molecule has 1 aliphatic heterocycles. The third-order valence-corrected chi connectivity index (χ3v) is 2.51. The second-order valence-electron chi connectivity index (χ2n) is 3.61. The number of rotatable bonds is 3. The summed E-state index contributed by atoms with van der Waals surface area (Å²) in [6.07, 6.45) is -1.05. The van der Waals surface area contributed by atoms with E-state index in [-0.39, 0.29) is 5.57 Å². The van der Waals surface area contributed by atoms with Gasteiger partial charge in [-0.25, -0.2) is 9.18 Å². The summed E-state index contributed by atoms with van der Waals surface area (Å²) in [5.74, 6) is 1.61. The molecule has 3 nitrogen and oxygen atoms in total. The van der Waals surface area contributed by atoms with Gasteiger partial charge in [0.2, 0.25) is 6.30 Å². The molecular formula is C12H12FNO2. The minimum atomic E-state index is -1.44. The van der Waals surface area contributed by atoms with Gasteiger partial charge in [-0.05, 0) is 12.0 Å². The molecule has 0 spiro atoms. The molecule has 0 N–H and O–H groups in total. The second-order valence-corrected chi connectivity index (χ2v) is 3.61. The van der Waals surface area contributed by atoms with Gasteiger partial charge in [0.1, 0.15) is 5.94 Å². The van der Waals surface area contributed by atoms with E-state index in [1.54, 1.807) is 5.94 Å². The van der Waals surface area contributed by atoms with Crippen LogP contribution < -0.4 is 0 Å². The Kier molecular flexibility index (Phi) is 3.47. The predicted molar refractivity (Wildman–Crippen MR) is 56.7 cm³/mol. The van der Waals surface area contributed by atoms with Crippen molar-refractivity contribution in [1.29, 1.82) is 0 Å². The van der Waals surface area contributed by atoms with Gasteiger partial charge >= 0.3 is 0 Å². The largest absolute Gasteiger partial charge is 0.291 e. The van der Waals surface area contributed by atoms with Gasteiger partial charge < -0.3 is 0 Å². The van der Waals surface area contributed by atoms with Crippen LogP contribution in [0.1, 0.15) is 12.0 Å². The molecule has 2 rings (SSSR count). The lowest BCUT2D eigenvalue weighted by Crippen LogP contribution is -2.26. The van der Waals surface area contributed by atoms with Gasteiger partial charge in [0.15, 0.2) is 0 Å². The summed E-state index contributed by atoms with van der Waals surface area (Å²) in [5.41, 5.74) is 1.10. The van der Waals surface area contributed by atoms with Crippen molar-refractivity contribution in [1.82, 2.24) is 5.06 Å². The zero-order chi connectivity index (χ0) is 11.4. The Balaban J connectivity index is 1.90. The van der Waals surface area contributed by atoms with Crippen LogP contribution in [0.3, 0.4) is 0 Å². The molecule has 1 aliphatic rings. The summed E-state index contributed by atoms with van der Waals surface area (Å²) in [6.45, 7) is 0.714. The van der Waals surface area contributed by atoms with Crippen LogP contribution in [-0.4, -0.2) is 23.8 Å². The number of benzene rings is 1. The van der Waals surface area contributed by atoms with Crippen molar-refractivity contribution < 1.29 is 14.0 Å². The number of halogens is 1. The maximum atomic E-state index is 13.5. The van der Waals surface area contributed by atoms with Gasteiger partial charge in [-0.15, -0.1) is 0 Å². The van der Waals surface area contributed by atoms with E-state index in [0.29, 0.717) is 19.6 Å². The number of hydrogen-bond acceptors (Lipinski definition) is 3. The van der Waals surface area contributed by atoms with E-state index in [1.165, 1.54) is 5.06 Å². The molecule has 1 aromatic carbocycles. The molecule has 0 amide bonds. The Morgan fingerprint density at radius 2 is 2.19 bits per heavy atom. The molecule has 1 aromatic rings. The average molecular weight is 221 g/mol. The summed E-state index contributed by atoms with van der Waals surface area (Å²) in [5, 5.41) is 1.19. The van der Waals surface area contributed by atoms with Crippen LogP contribution >= 0.6 is 0 Å². The molecular weight excluding hydrogens is 209 g/mol. The highest BCUT2D eigenvalue weighted by Gasteiger charge is 2.30. The minimum Gasteiger partial charge on any atom is -0.291 e. The first-order chi connectivity index (χ1) is 7.81. The molecule has 0 radical (unpaired) electrons. The maximum absolute atomic E-state index is 13.5. The topological polar surface area (TPSA) is 29.5 Å². The number of hydrogen-bond donors (Lipinski definition) is 0. The molecule has 0 bridgehead atoms. The smallest absolute Gasteiger partial charge is 0.207 e. The van der Waals surface area contributed by atoms with Crippen molar-refractivity contribution >= 4 is 5.94 Å². The van der Waals surface area contributed by atoms with Crippen molar-refractivity contribution in [3.63, 3.8) is 0 Å². The Hall–Kier alpha value is -1.48. The van der Waals surface area contributed by atoms with Crippen LogP contribution in [0.4, 0.5) is 4.39 Å². The fraction of sp³-hybridized carbons (Fsp3) is 0.333. The molecule has 4 heteroatoms. The first kappa shape index (κ1) is 11.0. The Bertz CT molecular complexity index is 401. The molecule has 0 saturated carbocycles. The molecule has 0 aliphatic carbocycles. The Morgan fingerprint density at radius 3 is 2.81 bits per heavy atom. The summed E-state index contributed by atoms with van der Waals surface area (Å²) < 4.78 is 13.5. The molecule has 84 valence electrons. The molecule has 0 aromatic heterocycles. The van der Waals surface area contributed by atoms with E-state index in [9.17, 15) is 9.18 Å². The average Bonchev–Trinajstić information content (AvgIpc) is 2.69. The van der Waals surface area contributed by atoms with Crippen molar-refractivity contribution in [3.8, 4) is 0 Å². The Morgan fingerprint density at radius 1 is 1.44 bits per heavy atom. The van der Waals surface area contributed by atoms with Crippen molar-refractivity contribution in [2.45, 2.75) is 19.3 Å². The van der Waals surface area contributed by atoms with Crippen LogP contribution in [0.25, 0.3) is 0 Å². The number of hydroxylamine groups is 2. The highest BCUT2D eigenvalue weighted by molar-refractivity contribution is 5.54. The van der Waals surface area contributed by atoms with Gasteiger partial charge in [-0.3, -0.25) is 4.84 Å². The predicted octanol–water partition coefficient (Wildman–Crippen LogP) is 1.88. The molecule has 1 saturated heterocycles. The lowest BCUT2D eigenvalue weighted by molar-refractivity contribution is -0.200. The first-order valence-corrected chi connectivity index (χ1v) is 5.12. The standard InChI is InChI=1S/C12H12FNO2/c13-12-11(8-15)6-7-14(12)16-9-10-4-2-1-3-5-10/h1-5,12H,6-7,9H2/t12-/m0/s1. The summed E-state index contributed by atoms with van der Waals surface area (Å²) in [4.78, 5) is 15.6. The summed E-state index contributed by atoms with van der Waals surface area (Å²) >= 11 is 0. The second kappa shape index (κ2) is 5.03. The highest BCUT2D eigenvalue weighted by atomic mass is 19.1. The summed E-state index contributed by atoms with van der Waals surface area (Å²) in [6, 6.07) is 9.50. The fourth-order valence-corrected chi connectivity index (χ4v) is 1.60. The number of nitrogens with zero attached hydrogens (tertiary/aromatic N) is 1. The Labute approximate surface area is 93.1 Å². The van der Waals surface area contributed by atoms with Crippen molar-refractivity contribution in [2.24, 2.45) is 0 Å². The van der Waals surface area contributed by atoms with Gasteiger partial charge in [0.25, 0.3) is 0 Å². The van der Waals surface area contributed by atoms with E-state index < -0.39 is 6.30 Å². The zero-order valence-corrected chi connectivity index (χ0v) is 8.73. The van der Waals surface area contributed by atoms with Crippen LogP contribution in [-0.2, 0) is 16.2 Å². The fourth-order valence-electron chi connectivity index (χ4n) is 1.60. The highest BCUT2D eigenvalue weighted by Crippen LogP contribution is 2.23. The molecule has 16 heavy (non-hydrogen) atoms. The maximum Gasteiger partial charge on any atom is 0.207 e. The molecule has 0 unspecified atom stereocenters. The zero-order valence-electron chi connectivity index (χ0n) is 8.73. The van der Waals surface area contributed by atoms with E-state index >= 15 is 0 Å². The lowest BCUT2D eigenvalue weighted by Gasteiger charge is -2.17. The third-order valence-electron chi connectivity index (χ3n) is 2.51. The van der Waals surface area contributed by atoms with Crippen LogP contribution in [0.5, 0.6) is 0 Å². The number of carbonyl (C=O) groups excluding carboxylic acids is 1. The van der Waals surface area contributed by atoms with Gasteiger partial charge in [0.05, 0.1) is 12.2 Å². The van der Waals surface area contributed by atoms with Gasteiger partial charge in [-0.1, -0.05) is 30.3 Å². The van der Waals surface area contributed by atoms with Crippen LogP contribution in [0.2, 0.25) is 0 Å². The van der Waals surface area contributed by atoms with Crippen LogP contribution in [0, 0.1) is 0 Å². The van der Waals surface area contributed by atoms with Gasteiger partial charge in [-0.2, -0.15) is 5.06 Å². The monoisotopic (exact) mass is 221 g/mol. The van der Waals surface area contributed by atoms with E-state index in [0.717, 1.165) is 5.56 Å². The molecule has 1 fully saturated rings. The molecule has 1 atom stereocenters. The van der Waals surface area contributed by atoms with Crippen LogP contribution in [0.15, 0.2) is 35.9 Å². The quantitative estimate of drug-likeness (QED) is 0.576. The number of alkyl halides is 1. The third kappa shape index (κ3) is 2.36. The SMILES string of the molecule is O=C=C1CCN(OCc2ccccc2)[C@@H]1F. The van der Waals surface area contributed by atoms with Crippen molar-refractivity contribution in [3.05, 3.63) is 41.5 Å². The van der Waals surface area contributed by atoms with Crippen molar-refractivity contribution in [2.75, 3.05) is 6.54 Å². The lowest BCUT2D eigenvalue weighted by atomic mass is 10.2.